The van der Waals surface area contributed by atoms with Gasteiger partial charge in [0.1, 0.15) is 24.0 Å². The quantitative estimate of drug-likeness (QED) is 0.120. The highest BCUT2D eigenvalue weighted by molar-refractivity contribution is 14.1. The van der Waals surface area contributed by atoms with E-state index >= 15 is 0 Å². The van der Waals surface area contributed by atoms with Gasteiger partial charge in [0.05, 0.1) is 19.3 Å². The predicted molar refractivity (Wildman–Crippen MR) is 152 cm³/mol. The normalized spacial score (nSPS) is 10.9. The third-order valence-corrected chi connectivity index (χ3v) is 6.65. The standard InChI is InChI=1S/C26H19ClI2N2O4/c1-2-34-26(33)17-7-9-20(10-8-17)31-25(32)19(14-30)11-16-12-22(28)24(23(29)13-16)35-15-18-5-3-4-6-21(18)27/h3-13H,2,15H2,1H3,(H,31,32)/b19-11+. The van der Waals surface area contributed by atoms with Crippen LogP contribution in [-0.4, -0.2) is 18.5 Å². The Balaban J connectivity index is 1.73. The van der Waals surface area contributed by atoms with Crippen LogP contribution in [0.15, 0.2) is 66.2 Å². The molecule has 0 saturated carbocycles. The lowest BCUT2D eigenvalue weighted by atomic mass is 10.1. The molecule has 0 aliphatic carbocycles. The number of benzene rings is 3. The summed E-state index contributed by atoms with van der Waals surface area (Å²) < 4.78 is 12.6. The first-order chi connectivity index (χ1) is 16.8. The largest absolute Gasteiger partial charge is 0.487 e. The van der Waals surface area contributed by atoms with E-state index in [1.54, 1.807) is 31.2 Å². The first-order valence-corrected chi connectivity index (χ1v) is 12.9. The Labute approximate surface area is 235 Å². The summed E-state index contributed by atoms with van der Waals surface area (Å²) in [7, 11) is 0. The molecule has 0 heterocycles. The molecule has 0 aliphatic heterocycles. The molecule has 3 rings (SSSR count). The molecule has 0 fully saturated rings. The van der Waals surface area contributed by atoms with E-state index in [4.69, 9.17) is 21.1 Å². The number of nitrogens with one attached hydrogen (secondary N) is 1. The number of carbonyl (C=O) groups excluding carboxylic acids is 2. The van der Waals surface area contributed by atoms with E-state index in [9.17, 15) is 14.9 Å². The fourth-order valence-corrected chi connectivity index (χ4v) is 5.30. The number of amides is 1. The van der Waals surface area contributed by atoms with Crippen molar-refractivity contribution in [3.8, 4) is 11.8 Å². The highest BCUT2D eigenvalue weighted by Gasteiger charge is 2.14. The molecule has 0 atom stereocenters. The molecule has 3 aromatic carbocycles. The second-order valence-corrected chi connectivity index (χ2v) is 9.85. The maximum absolute atomic E-state index is 12.7. The van der Waals surface area contributed by atoms with Crippen LogP contribution in [0.5, 0.6) is 5.75 Å². The van der Waals surface area contributed by atoms with E-state index in [1.165, 1.54) is 6.08 Å². The molecule has 0 aromatic heterocycles. The van der Waals surface area contributed by atoms with Crippen LogP contribution in [0.3, 0.4) is 0 Å². The summed E-state index contributed by atoms with van der Waals surface area (Å²) in [6.07, 6.45) is 1.52. The smallest absolute Gasteiger partial charge is 0.338 e. The van der Waals surface area contributed by atoms with Gasteiger partial charge in [0.15, 0.2) is 0 Å². The number of esters is 1. The van der Waals surface area contributed by atoms with Gasteiger partial charge in [0, 0.05) is 16.3 Å². The van der Waals surface area contributed by atoms with Crippen molar-refractivity contribution >= 4 is 80.4 Å². The number of ether oxygens (including phenoxy) is 2. The Kier molecular flexibility index (Phi) is 9.94. The van der Waals surface area contributed by atoms with Crippen molar-refractivity contribution in [2.24, 2.45) is 0 Å². The maximum Gasteiger partial charge on any atom is 0.338 e. The van der Waals surface area contributed by atoms with Gasteiger partial charge in [0.2, 0.25) is 0 Å². The van der Waals surface area contributed by atoms with Gasteiger partial charge in [-0.05, 0) is 106 Å². The molecule has 1 amide bonds. The van der Waals surface area contributed by atoms with Gasteiger partial charge in [-0.2, -0.15) is 5.26 Å². The minimum Gasteiger partial charge on any atom is -0.487 e. The van der Waals surface area contributed by atoms with Crippen LogP contribution in [0.4, 0.5) is 5.69 Å². The second-order valence-electron chi connectivity index (χ2n) is 7.12. The van der Waals surface area contributed by atoms with E-state index in [-0.39, 0.29) is 12.2 Å². The van der Waals surface area contributed by atoms with Gasteiger partial charge in [0.25, 0.3) is 5.91 Å². The lowest BCUT2D eigenvalue weighted by Gasteiger charge is -2.12. The fraction of sp³-hybridized carbons (Fsp3) is 0.115. The van der Waals surface area contributed by atoms with Crippen molar-refractivity contribution in [3.63, 3.8) is 0 Å². The van der Waals surface area contributed by atoms with Crippen molar-refractivity contribution in [2.45, 2.75) is 13.5 Å². The lowest BCUT2D eigenvalue weighted by Crippen LogP contribution is -2.13. The number of hydrogen-bond donors (Lipinski definition) is 1. The molecular formula is C26H19ClI2N2O4. The summed E-state index contributed by atoms with van der Waals surface area (Å²) in [5.41, 5.74) is 2.34. The molecule has 35 heavy (non-hydrogen) atoms. The average Bonchev–Trinajstić information content (AvgIpc) is 2.83. The van der Waals surface area contributed by atoms with Gasteiger partial charge >= 0.3 is 5.97 Å². The monoisotopic (exact) mass is 712 g/mol. The predicted octanol–water partition coefficient (Wildman–Crippen LogP) is 6.85. The lowest BCUT2D eigenvalue weighted by molar-refractivity contribution is -0.112. The van der Waals surface area contributed by atoms with E-state index in [2.05, 4.69) is 50.5 Å². The summed E-state index contributed by atoms with van der Waals surface area (Å²) in [6, 6.07) is 19.4. The Morgan fingerprint density at radius 2 is 1.74 bits per heavy atom. The topological polar surface area (TPSA) is 88.4 Å². The molecule has 0 radical (unpaired) electrons. The highest BCUT2D eigenvalue weighted by Crippen LogP contribution is 2.31. The molecule has 9 heteroatoms. The van der Waals surface area contributed by atoms with E-state index < -0.39 is 11.9 Å². The third-order valence-electron chi connectivity index (χ3n) is 4.68. The zero-order chi connectivity index (χ0) is 25.4. The molecular weight excluding hydrogens is 694 g/mol. The molecule has 3 aromatic rings. The Hall–Kier alpha value is -2.62. The number of anilines is 1. The SMILES string of the molecule is CCOC(=O)c1ccc(NC(=O)/C(C#N)=C/c2cc(I)c(OCc3ccccc3Cl)c(I)c2)cc1. The Morgan fingerprint density at radius 3 is 2.34 bits per heavy atom. The number of nitrogens with zero attached hydrogens (tertiary/aromatic N) is 1. The van der Waals surface area contributed by atoms with E-state index in [0.29, 0.717) is 34.2 Å². The van der Waals surface area contributed by atoms with Crippen LogP contribution in [0.2, 0.25) is 5.02 Å². The highest BCUT2D eigenvalue weighted by atomic mass is 127. The second kappa shape index (κ2) is 12.9. The molecule has 0 saturated heterocycles. The van der Waals surface area contributed by atoms with Crippen LogP contribution in [0.1, 0.15) is 28.4 Å². The van der Waals surface area contributed by atoms with Crippen LogP contribution in [-0.2, 0) is 16.1 Å². The van der Waals surface area contributed by atoms with E-state index in [0.717, 1.165) is 12.7 Å². The fourth-order valence-electron chi connectivity index (χ4n) is 2.98. The summed E-state index contributed by atoms with van der Waals surface area (Å²) >= 11 is 10.5. The van der Waals surface area contributed by atoms with Crippen molar-refractivity contribution in [1.82, 2.24) is 0 Å². The molecule has 0 aliphatic rings. The van der Waals surface area contributed by atoms with Crippen LogP contribution in [0, 0.1) is 18.5 Å². The Morgan fingerprint density at radius 1 is 1.09 bits per heavy atom. The number of hydrogen-bond acceptors (Lipinski definition) is 5. The first kappa shape index (κ1) is 27.0. The van der Waals surface area contributed by atoms with Gasteiger partial charge in [-0.3, -0.25) is 4.79 Å². The van der Waals surface area contributed by atoms with Crippen molar-refractivity contribution in [1.29, 1.82) is 5.26 Å². The molecule has 1 N–H and O–H groups in total. The van der Waals surface area contributed by atoms with Crippen LogP contribution < -0.4 is 10.1 Å². The van der Waals surface area contributed by atoms with Gasteiger partial charge in [-0.1, -0.05) is 29.8 Å². The zero-order valence-corrected chi connectivity index (χ0v) is 23.6. The molecule has 0 bridgehead atoms. The van der Waals surface area contributed by atoms with Gasteiger partial charge in [-0.25, -0.2) is 4.79 Å². The summed E-state index contributed by atoms with van der Waals surface area (Å²) in [5.74, 6) is -0.292. The molecule has 6 nitrogen and oxygen atoms in total. The van der Waals surface area contributed by atoms with Gasteiger partial charge < -0.3 is 14.8 Å². The Bertz CT molecular complexity index is 1290. The minimum absolute atomic E-state index is 0.0594. The molecule has 0 spiro atoms. The number of nitriles is 1. The minimum atomic E-state index is -0.555. The number of carbonyl (C=O) groups is 2. The zero-order valence-electron chi connectivity index (χ0n) is 18.5. The summed E-state index contributed by atoms with van der Waals surface area (Å²) in [4.78, 5) is 24.4. The summed E-state index contributed by atoms with van der Waals surface area (Å²) in [6.45, 7) is 2.33. The third kappa shape index (κ3) is 7.43. The van der Waals surface area contributed by atoms with Crippen molar-refractivity contribution < 1.29 is 19.1 Å². The van der Waals surface area contributed by atoms with Crippen molar-refractivity contribution in [3.05, 3.63) is 95.1 Å². The van der Waals surface area contributed by atoms with Crippen LogP contribution >= 0.6 is 56.8 Å². The summed E-state index contributed by atoms with van der Waals surface area (Å²) in [5, 5.41) is 12.9. The number of rotatable bonds is 8. The average molecular weight is 713 g/mol. The first-order valence-electron chi connectivity index (χ1n) is 10.4. The van der Waals surface area contributed by atoms with Crippen LogP contribution in [0.25, 0.3) is 6.08 Å². The number of halogens is 3. The van der Waals surface area contributed by atoms with Crippen molar-refractivity contribution in [2.75, 3.05) is 11.9 Å². The molecule has 0 unspecified atom stereocenters. The maximum atomic E-state index is 12.7. The van der Waals surface area contributed by atoms with E-state index in [1.807, 2.05) is 42.5 Å². The molecule has 178 valence electrons. The van der Waals surface area contributed by atoms with Gasteiger partial charge in [-0.15, -0.1) is 0 Å².